The van der Waals surface area contributed by atoms with E-state index in [2.05, 4.69) is 15.9 Å². The summed E-state index contributed by atoms with van der Waals surface area (Å²) in [6.07, 6.45) is -4.26. The second-order valence-corrected chi connectivity index (χ2v) is 5.39. The first kappa shape index (κ1) is 12.3. The molecule has 0 aromatic heterocycles. The molecule has 1 aromatic rings. The van der Waals surface area contributed by atoms with E-state index in [0.717, 1.165) is 9.64 Å². The van der Waals surface area contributed by atoms with Gasteiger partial charge in [-0.3, -0.25) is 0 Å². The predicted octanol–water partition coefficient (Wildman–Crippen LogP) is 4.77. The highest BCUT2D eigenvalue weighted by Gasteiger charge is 2.31. The number of alkyl halides is 4. The van der Waals surface area contributed by atoms with Crippen LogP contribution < -0.4 is 0 Å². The summed E-state index contributed by atoms with van der Waals surface area (Å²) in [5, 5.41) is 0. The van der Waals surface area contributed by atoms with Gasteiger partial charge in [-0.15, -0.1) is 0 Å². The molecule has 0 heterocycles. The van der Waals surface area contributed by atoms with Gasteiger partial charge in [0.05, 0.1) is 5.56 Å². The van der Waals surface area contributed by atoms with Crippen molar-refractivity contribution in [3.8, 4) is 0 Å². The first-order valence-corrected chi connectivity index (χ1v) is 5.82. The van der Waals surface area contributed by atoms with Gasteiger partial charge in [-0.05, 0) is 53.3 Å². The lowest BCUT2D eigenvalue weighted by Gasteiger charge is -2.11. The van der Waals surface area contributed by atoms with Crippen molar-refractivity contribution in [2.45, 2.75) is 17.9 Å². The smallest absolute Gasteiger partial charge is 0.166 e. The largest absolute Gasteiger partial charge is 0.416 e. The average molecular weight is 379 g/mol. The van der Waals surface area contributed by atoms with Gasteiger partial charge < -0.3 is 0 Å². The van der Waals surface area contributed by atoms with Gasteiger partial charge in [0.15, 0.2) is 0 Å². The van der Waals surface area contributed by atoms with Crippen molar-refractivity contribution < 1.29 is 13.2 Å². The Kier molecular flexibility index (Phi) is 3.85. The topological polar surface area (TPSA) is 0 Å². The molecule has 0 aliphatic heterocycles. The summed E-state index contributed by atoms with van der Waals surface area (Å²) in [6, 6.07) is 3.76. The third kappa shape index (κ3) is 2.85. The van der Waals surface area contributed by atoms with Gasteiger partial charge in [0.25, 0.3) is 0 Å². The van der Waals surface area contributed by atoms with E-state index in [0.29, 0.717) is 5.56 Å². The molecule has 0 saturated heterocycles. The highest BCUT2D eigenvalue weighted by Crippen LogP contribution is 2.34. The van der Waals surface area contributed by atoms with Crippen LogP contribution in [0.2, 0.25) is 0 Å². The molecule has 0 amide bonds. The first-order chi connectivity index (χ1) is 6.32. The lowest BCUT2D eigenvalue weighted by atomic mass is 10.1. The van der Waals surface area contributed by atoms with E-state index in [4.69, 9.17) is 0 Å². The maximum absolute atomic E-state index is 12.3. The van der Waals surface area contributed by atoms with Crippen LogP contribution in [0.25, 0.3) is 0 Å². The quantitative estimate of drug-likeness (QED) is 0.488. The minimum atomic E-state index is -4.26. The van der Waals surface area contributed by atoms with Crippen molar-refractivity contribution in [2.24, 2.45) is 0 Å². The van der Waals surface area contributed by atoms with Crippen LogP contribution in [0.15, 0.2) is 18.2 Å². The van der Waals surface area contributed by atoms with Crippen molar-refractivity contribution in [3.63, 3.8) is 0 Å². The average Bonchev–Trinajstić information content (AvgIpc) is 2.02. The molecule has 0 saturated carbocycles. The van der Waals surface area contributed by atoms with E-state index >= 15 is 0 Å². The van der Waals surface area contributed by atoms with E-state index in [9.17, 15) is 13.2 Å². The van der Waals surface area contributed by atoms with Crippen LogP contribution >= 0.6 is 38.5 Å². The lowest BCUT2D eigenvalue weighted by Crippen LogP contribution is -2.06. The Hall–Kier alpha value is 0.220. The van der Waals surface area contributed by atoms with Crippen LogP contribution in [0.1, 0.15) is 22.9 Å². The fraction of sp³-hybridized carbons (Fsp3) is 0.333. The van der Waals surface area contributed by atoms with Gasteiger partial charge in [0.2, 0.25) is 0 Å². The first-order valence-electron chi connectivity index (χ1n) is 3.83. The molecule has 0 aliphatic rings. The lowest BCUT2D eigenvalue weighted by molar-refractivity contribution is -0.137. The number of rotatable bonds is 1. The van der Waals surface area contributed by atoms with E-state index in [1.165, 1.54) is 12.1 Å². The van der Waals surface area contributed by atoms with Gasteiger partial charge in [-0.2, -0.15) is 13.2 Å². The molecule has 0 fully saturated rings. The molecular formula is C9H7BrF3I. The Morgan fingerprint density at radius 2 is 1.93 bits per heavy atom. The van der Waals surface area contributed by atoms with E-state index < -0.39 is 11.7 Å². The summed E-state index contributed by atoms with van der Waals surface area (Å²) >= 11 is 5.29. The molecule has 1 rings (SSSR count). The summed E-state index contributed by atoms with van der Waals surface area (Å²) in [5.74, 6) is 0. The Balaban J connectivity index is 3.20. The second-order valence-electron chi connectivity index (χ2n) is 2.85. The zero-order valence-corrected chi connectivity index (χ0v) is 10.9. The fourth-order valence-corrected chi connectivity index (χ4v) is 2.63. The predicted molar refractivity (Wildman–Crippen MR) is 61.5 cm³/mol. The van der Waals surface area contributed by atoms with E-state index in [-0.39, 0.29) is 4.83 Å². The molecule has 0 spiro atoms. The summed E-state index contributed by atoms with van der Waals surface area (Å²) in [7, 11) is 0. The van der Waals surface area contributed by atoms with Gasteiger partial charge in [0.1, 0.15) is 0 Å². The minimum absolute atomic E-state index is 0.0725. The Bertz CT molecular complexity index is 333. The summed E-state index contributed by atoms with van der Waals surface area (Å²) in [5.41, 5.74) is 0.0691. The van der Waals surface area contributed by atoms with Crippen LogP contribution in [-0.2, 0) is 6.18 Å². The normalized spacial score (nSPS) is 14.1. The van der Waals surface area contributed by atoms with Crippen LogP contribution in [0, 0.1) is 3.57 Å². The Morgan fingerprint density at radius 1 is 1.36 bits per heavy atom. The van der Waals surface area contributed by atoms with Gasteiger partial charge in [-0.25, -0.2) is 0 Å². The van der Waals surface area contributed by atoms with Crippen molar-refractivity contribution >= 4 is 38.5 Å². The number of halogens is 5. The van der Waals surface area contributed by atoms with Crippen LogP contribution in [0.3, 0.4) is 0 Å². The molecule has 0 aliphatic carbocycles. The van der Waals surface area contributed by atoms with E-state index in [1.54, 1.807) is 6.92 Å². The summed E-state index contributed by atoms with van der Waals surface area (Å²) in [6.45, 7) is 1.80. The maximum atomic E-state index is 12.3. The Labute approximate surface area is 102 Å². The van der Waals surface area contributed by atoms with Crippen LogP contribution in [0.5, 0.6) is 0 Å². The van der Waals surface area contributed by atoms with Gasteiger partial charge in [-0.1, -0.05) is 15.9 Å². The number of benzene rings is 1. The molecule has 0 radical (unpaired) electrons. The highest BCUT2D eigenvalue weighted by molar-refractivity contribution is 14.1. The molecule has 1 atom stereocenters. The molecule has 1 aromatic carbocycles. The van der Waals surface area contributed by atoms with Crippen LogP contribution in [-0.4, -0.2) is 0 Å². The van der Waals surface area contributed by atoms with Gasteiger partial charge in [0, 0.05) is 8.40 Å². The number of hydrogen-bond acceptors (Lipinski definition) is 0. The maximum Gasteiger partial charge on any atom is 0.416 e. The molecule has 14 heavy (non-hydrogen) atoms. The molecule has 0 nitrogen and oxygen atoms in total. The zero-order valence-electron chi connectivity index (χ0n) is 7.20. The molecule has 1 unspecified atom stereocenters. The summed E-state index contributed by atoms with van der Waals surface area (Å²) in [4.78, 5) is -0.0725. The van der Waals surface area contributed by atoms with E-state index in [1.807, 2.05) is 22.6 Å². The van der Waals surface area contributed by atoms with Crippen molar-refractivity contribution in [1.82, 2.24) is 0 Å². The second kappa shape index (κ2) is 4.38. The summed E-state index contributed by atoms with van der Waals surface area (Å²) < 4.78 is 37.9. The van der Waals surface area contributed by atoms with Gasteiger partial charge >= 0.3 is 6.18 Å². The highest BCUT2D eigenvalue weighted by atomic mass is 127. The molecule has 78 valence electrons. The third-order valence-corrected chi connectivity index (χ3v) is 3.23. The van der Waals surface area contributed by atoms with Crippen molar-refractivity contribution in [1.29, 1.82) is 0 Å². The minimum Gasteiger partial charge on any atom is -0.166 e. The molecular weight excluding hydrogens is 372 g/mol. The SMILES string of the molecule is CC(Br)c1cc(C(F)(F)F)ccc1I. The zero-order chi connectivity index (χ0) is 10.9. The Morgan fingerprint density at radius 3 is 2.36 bits per heavy atom. The van der Waals surface area contributed by atoms with Crippen molar-refractivity contribution in [2.75, 3.05) is 0 Å². The van der Waals surface area contributed by atoms with Crippen LogP contribution in [0.4, 0.5) is 13.2 Å². The standard InChI is InChI=1S/C9H7BrF3I/c1-5(10)7-4-6(9(11,12)13)2-3-8(7)14/h2-5H,1H3. The molecule has 0 N–H and O–H groups in total. The number of hydrogen-bond donors (Lipinski definition) is 0. The molecule has 5 heteroatoms. The van der Waals surface area contributed by atoms with Crippen molar-refractivity contribution in [3.05, 3.63) is 32.9 Å². The fourth-order valence-electron chi connectivity index (χ4n) is 1.02. The molecule has 0 bridgehead atoms. The third-order valence-electron chi connectivity index (χ3n) is 1.75. The monoisotopic (exact) mass is 378 g/mol.